The van der Waals surface area contributed by atoms with Gasteiger partial charge < -0.3 is 10.5 Å². The second-order valence-electron chi connectivity index (χ2n) is 5.81. The van der Waals surface area contributed by atoms with Gasteiger partial charge in [0.15, 0.2) is 0 Å². The Kier molecular flexibility index (Phi) is 5.61. The molecule has 1 saturated carbocycles. The molecule has 112 valence electrons. The van der Waals surface area contributed by atoms with Crippen molar-refractivity contribution in [2.75, 3.05) is 20.7 Å². The molecule has 0 spiro atoms. The van der Waals surface area contributed by atoms with E-state index in [-0.39, 0.29) is 5.54 Å². The second kappa shape index (κ2) is 7.03. The van der Waals surface area contributed by atoms with Crippen molar-refractivity contribution in [3.05, 3.63) is 34.3 Å². The van der Waals surface area contributed by atoms with Gasteiger partial charge in [0.25, 0.3) is 0 Å². The zero-order valence-corrected chi connectivity index (χ0v) is 14.0. The molecule has 0 saturated heterocycles. The normalized spacial score (nSPS) is 26.9. The van der Waals surface area contributed by atoms with Crippen molar-refractivity contribution in [2.24, 2.45) is 5.73 Å². The molecule has 20 heavy (non-hydrogen) atoms. The standard InChI is InChI=1S/C16H25BrN2O/c1-19(11-13-5-3-4-6-15(13)17)16(12-18)9-7-14(20-2)8-10-16/h3-6,14H,7-12,18H2,1-2H3. The highest BCUT2D eigenvalue weighted by Gasteiger charge is 2.37. The van der Waals surface area contributed by atoms with Crippen LogP contribution < -0.4 is 5.73 Å². The van der Waals surface area contributed by atoms with Gasteiger partial charge in [-0.2, -0.15) is 0 Å². The molecule has 2 rings (SSSR count). The number of halogens is 1. The minimum absolute atomic E-state index is 0.115. The molecule has 0 aromatic heterocycles. The van der Waals surface area contributed by atoms with E-state index >= 15 is 0 Å². The number of nitrogens with two attached hydrogens (primary N) is 1. The van der Waals surface area contributed by atoms with Gasteiger partial charge in [-0.3, -0.25) is 4.90 Å². The first-order chi connectivity index (χ1) is 9.61. The van der Waals surface area contributed by atoms with Crippen molar-refractivity contribution >= 4 is 15.9 Å². The average molecular weight is 341 g/mol. The van der Waals surface area contributed by atoms with Crippen molar-refractivity contribution in [1.82, 2.24) is 4.90 Å². The van der Waals surface area contributed by atoms with Crippen molar-refractivity contribution in [3.8, 4) is 0 Å². The molecule has 0 amide bonds. The Morgan fingerprint density at radius 1 is 1.35 bits per heavy atom. The summed E-state index contributed by atoms with van der Waals surface area (Å²) in [5.41, 5.74) is 7.56. The predicted octanol–water partition coefficient (Wildman–Crippen LogP) is 3.17. The number of rotatable bonds is 5. The van der Waals surface area contributed by atoms with Crippen molar-refractivity contribution in [3.63, 3.8) is 0 Å². The maximum atomic E-state index is 6.12. The van der Waals surface area contributed by atoms with Gasteiger partial charge in [0.1, 0.15) is 0 Å². The molecule has 0 unspecified atom stereocenters. The van der Waals surface area contributed by atoms with E-state index in [2.05, 4.69) is 52.1 Å². The quantitative estimate of drug-likeness (QED) is 0.894. The smallest absolute Gasteiger partial charge is 0.0572 e. The lowest BCUT2D eigenvalue weighted by molar-refractivity contribution is 0.000438. The Balaban J connectivity index is 2.06. The van der Waals surface area contributed by atoms with Gasteiger partial charge in [-0.05, 0) is 44.4 Å². The lowest BCUT2D eigenvalue weighted by Gasteiger charge is -2.45. The number of methoxy groups -OCH3 is 1. The highest BCUT2D eigenvalue weighted by atomic mass is 79.9. The van der Waals surface area contributed by atoms with E-state index in [1.807, 2.05) is 7.11 Å². The predicted molar refractivity (Wildman–Crippen MR) is 86.7 cm³/mol. The van der Waals surface area contributed by atoms with E-state index in [1.165, 1.54) is 10.0 Å². The monoisotopic (exact) mass is 340 g/mol. The summed E-state index contributed by atoms with van der Waals surface area (Å²) >= 11 is 3.63. The van der Waals surface area contributed by atoms with Crippen molar-refractivity contribution in [2.45, 2.75) is 43.9 Å². The van der Waals surface area contributed by atoms with Crippen LogP contribution in [0.5, 0.6) is 0 Å². The fourth-order valence-corrected chi connectivity index (χ4v) is 3.57. The molecule has 0 heterocycles. The molecule has 2 N–H and O–H groups in total. The Bertz CT molecular complexity index is 430. The third-order valence-electron chi connectivity index (χ3n) is 4.75. The average Bonchev–Trinajstić information content (AvgIpc) is 2.49. The molecule has 1 aromatic carbocycles. The summed E-state index contributed by atoms with van der Waals surface area (Å²) in [6.07, 6.45) is 4.85. The molecular weight excluding hydrogens is 316 g/mol. The lowest BCUT2D eigenvalue weighted by Crippen LogP contribution is -2.54. The molecule has 0 atom stereocenters. The number of nitrogens with zero attached hydrogens (tertiary/aromatic N) is 1. The molecular formula is C16H25BrN2O. The minimum atomic E-state index is 0.115. The first-order valence-electron chi connectivity index (χ1n) is 7.29. The molecule has 1 fully saturated rings. The molecule has 1 aromatic rings. The Morgan fingerprint density at radius 2 is 2.00 bits per heavy atom. The van der Waals surface area contributed by atoms with Crippen molar-refractivity contribution < 1.29 is 4.74 Å². The van der Waals surface area contributed by atoms with Gasteiger partial charge in [-0.15, -0.1) is 0 Å². The van der Waals surface area contributed by atoms with Gasteiger partial charge in [0, 0.05) is 30.2 Å². The number of hydrogen-bond donors (Lipinski definition) is 1. The van der Waals surface area contributed by atoms with E-state index in [9.17, 15) is 0 Å². The van der Waals surface area contributed by atoms with Crippen LogP contribution in [0.2, 0.25) is 0 Å². The van der Waals surface area contributed by atoms with Gasteiger partial charge in [0.05, 0.1) is 6.10 Å². The van der Waals surface area contributed by atoms with E-state index < -0.39 is 0 Å². The van der Waals surface area contributed by atoms with Crippen LogP contribution in [0.4, 0.5) is 0 Å². The fourth-order valence-electron chi connectivity index (χ4n) is 3.16. The third kappa shape index (κ3) is 3.42. The summed E-state index contributed by atoms with van der Waals surface area (Å²) in [4.78, 5) is 2.43. The largest absolute Gasteiger partial charge is 0.381 e. The van der Waals surface area contributed by atoms with Crippen LogP contribution in [-0.4, -0.2) is 37.2 Å². The molecule has 0 aliphatic heterocycles. The zero-order chi connectivity index (χ0) is 14.6. The highest BCUT2D eigenvalue weighted by Crippen LogP contribution is 2.34. The molecule has 0 radical (unpaired) electrons. The van der Waals surface area contributed by atoms with Gasteiger partial charge in [0.2, 0.25) is 0 Å². The first-order valence-corrected chi connectivity index (χ1v) is 8.08. The van der Waals surface area contributed by atoms with Gasteiger partial charge in [-0.1, -0.05) is 34.1 Å². The molecule has 1 aliphatic rings. The van der Waals surface area contributed by atoms with Crippen LogP contribution in [0.15, 0.2) is 28.7 Å². The lowest BCUT2D eigenvalue weighted by atomic mass is 9.79. The summed E-state index contributed by atoms with van der Waals surface area (Å²) in [6, 6.07) is 8.41. The van der Waals surface area contributed by atoms with Crippen LogP contribution in [-0.2, 0) is 11.3 Å². The van der Waals surface area contributed by atoms with Gasteiger partial charge in [-0.25, -0.2) is 0 Å². The van der Waals surface area contributed by atoms with Crippen LogP contribution in [0.1, 0.15) is 31.2 Å². The summed E-state index contributed by atoms with van der Waals surface area (Å²) in [5.74, 6) is 0. The van der Waals surface area contributed by atoms with Gasteiger partial charge >= 0.3 is 0 Å². The molecule has 4 heteroatoms. The first kappa shape index (κ1) is 16.0. The zero-order valence-electron chi connectivity index (χ0n) is 12.4. The number of benzene rings is 1. The minimum Gasteiger partial charge on any atom is -0.381 e. The Morgan fingerprint density at radius 3 is 2.55 bits per heavy atom. The molecule has 3 nitrogen and oxygen atoms in total. The second-order valence-corrected chi connectivity index (χ2v) is 6.67. The van der Waals surface area contributed by atoms with Crippen LogP contribution in [0.25, 0.3) is 0 Å². The maximum absolute atomic E-state index is 6.12. The van der Waals surface area contributed by atoms with Crippen LogP contribution in [0, 0.1) is 0 Å². The van der Waals surface area contributed by atoms with E-state index in [4.69, 9.17) is 10.5 Å². The topological polar surface area (TPSA) is 38.5 Å². The third-order valence-corrected chi connectivity index (χ3v) is 5.53. The number of likely N-dealkylation sites (N-methyl/N-ethyl adjacent to an activating group) is 1. The van der Waals surface area contributed by atoms with E-state index in [1.54, 1.807) is 0 Å². The summed E-state index contributed by atoms with van der Waals surface area (Å²) in [6.45, 7) is 1.64. The number of hydrogen-bond acceptors (Lipinski definition) is 3. The van der Waals surface area contributed by atoms with Crippen LogP contribution >= 0.6 is 15.9 Å². The molecule has 1 aliphatic carbocycles. The molecule has 0 bridgehead atoms. The van der Waals surface area contributed by atoms with Crippen LogP contribution in [0.3, 0.4) is 0 Å². The SMILES string of the molecule is COC1CCC(CN)(N(C)Cc2ccccc2Br)CC1. The van der Waals surface area contributed by atoms with E-state index in [0.29, 0.717) is 12.6 Å². The summed E-state index contributed by atoms with van der Waals surface area (Å²) in [5, 5.41) is 0. The Hall–Kier alpha value is -0.420. The highest BCUT2D eigenvalue weighted by molar-refractivity contribution is 9.10. The maximum Gasteiger partial charge on any atom is 0.0572 e. The Labute approximate surface area is 130 Å². The number of ether oxygens (including phenoxy) is 1. The fraction of sp³-hybridized carbons (Fsp3) is 0.625. The van der Waals surface area contributed by atoms with Crippen molar-refractivity contribution in [1.29, 1.82) is 0 Å². The summed E-state index contributed by atoms with van der Waals surface area (Å²) in [7, 11) is 4.00. The summed E-state index contributed by atoms with van der Waals surface area (Å²) < 4.78 is 6.65. The van der Waals surface area contributed by atoms with E-state index in [0.717, 1.165) is 32.2 Å².